The van der Waals surface area contributed by atoms with Crippen molar-refractivity contribution < 1.29 is 19.5 Å². The Bertz CT molecular complexity index is 578. The van der Waals surface area contributed by atoms with Crippen molar-refractivity contribution in [1.82, 2.24) is 10.6 Å². The Labute approximate surface area is 139 Å². The van der Waals surface area contributed by atoms with Crippen molar-refractivity contribution in [3.05, 3.63) is 21.9 Å². The molecule has 0 aliphatic heterocycles. The highest BCUT2D eigenvalue weighted by Crippen LogP contribution is 2.24. The molecule has 1 saturated carbocycles. The summed E-state index contributed by atoms with van der Waals surface area (Å²) in [6.07, 6.45) is 4.30. The highest BCUT2D eigenvalue weighted by Gasteiger charge is 2.24. The minimum Gasteiger partial charge on any atom is -0.477 e. The third-order valence-electron chi connectivity index (χ3n) is 3.94. The molecule has 1 aromatic rings. The van der Waals surface area contributed by atoms with Gasteiger partial charge in [0.1, 0.15) is 4.88 Å². The van der Waals surface area contributed by atoms with Crippen LogP contribution in [0.3, 0.4) is 0 Å². The van der Waals surface area contributed by atoms with Gasteiger partial charge in [0.2, 0.25) is 11.8 Å². The van der Waals surface area contributed by atoms with Crippen molar-refractivity contribution in [2.24, 2.45) is 5.92 Å². The molecule has 6 nitrogen and oxygen atoms in total. The van der Waals surface area contributed by atoms with E-state index in [0.29, 0.717) is 6.54 Å². The van der Waals surface area contributed by atoms with Crippen LogP contribution in [-0.4, -0.2) is 28.9 Å². The maximum Gasteiger partial charge on any atom is 0.345 e. The van der Waals surface area contributed by atoms with Crippen molar-refractivity contribution in [1.29, 1.82) is 0 Å². The van der Waals surface area contributed by atoms with Crippen LogP contribution in [0.5, 0.6) is 0 Å². The van der Waals surface area contributed by atoms with Crippen molar-refractivity contribution in [2.75, 3.05) is 0 Å². The molecule has 2 rings (SSSR count). The second kappa shape index (κ2) is 8.10. The summed E-state index contributed by atoms with van der Waals surface area (Å²) < 4.78 is 0. The van der Waals surface area contributed by atoms with Crippen LogP contribution < -0.4 is 10.6 Å². The number of thiophene rings is 1. The predicted octanol–water partition coefficient (Wildman–Crippen LogP) is 2.15. The topological polar surface area (TPSA) is 95.5 Å². The van der Waals surface area contributed by atoms with E-state index in [2.05, 4.69) is 10.6 Å². The quantitative estimate of drug-likeness (QED) is 0.710. The van der Waals surface area contributed by atoms with Gasteiger partial charge in [0.05, 0.1) is 6.54 Å². The van der Waals surface area contributed by atoms with Crippen molar-refractivity contribution in [2.45, 2.75) is 51.6 Å². The summed E-state index contributed by atoms with van der Waals surface area (Å²) in [6.45, 7) is 2.13. The minimum absolute atomic E-state index is 0.0483. The number of carbonyl (C=O) groups is 3. The number of hydrogen-bond acceptors (Lipinski definition) is 4. The number of amides is 2. The van der Waals surface area contributed by atoms with Crippen LogP contribution in [0.15, 0.2) is 12.1 Å². The van der Waals surface area contributed by atoms with E-state index in [4.69, 9.17) is 5.11 Å². The summed E-state index contributed by atoms with van der Waals surface area (Å²) in [5, 5.41) is 14.5. The van der Waals surface area contributed by atoms with Gasteiger partial charge in [0.25, 0.3) is 0 Å². The number of rotatable bonds is 7. The first-order valence-corrected chi connectivity index (χ1v) is 8.66. The first kappa shape index (κ1) is 17.5. The summed E-state index contributed by atoms with van der Waals surface area (Å²) in [4.78, 5) is 35.7. The molecule has 0 spiro atoms. The maximum absolute atomic E-state index is 12.0. The van der Waals surface area contributed by atoms with Gasteiger partial charge in [-0.1, -0.05) is 12.8 Å². The van der Waals surface area contributed by atoms with Gasteiger partial charge in [0, 0.05) is 23.3 Å². The van der Waals surface area contributed by atoms with Crippen LogP contribution in [0.25, 0.3) is 0 Å². The number of carboxylic acids is 1. The third kappa shape index (κ3) is 5.35. The van der Waals surface area contributed by atoms with E-state index < -0.39 is 5.97 Å². The molecular formula is C16H22N2O4S. The molecule has 1 heterocycles. The summed E-state index contributed by atoms with van der Waals surface area (Å²) in [5.74, 6) is -0.974. The molecule has 0 bridgehead atoms. The smallest absolute Gasteiger partial charge is 0.345 e. The van der Waals surface area contributed by atoms with Crippen LogP contribution >= 0.6 is 11.3 Å². The number of carboxylic acid groups (broad SMARTS) is 1. The Morgan fingerprint density at radius 2 is 2.00 bits per heavy atom. The van der Waals surface area contributed by atoms with Gasteiger partial charge in [-0.3, -0.25) is 9.59 Å². The Morgan fingerprint density at radius 1 is 1.30 bits per heavy atom. The summed E-state index contributed by atoms with van der Waals surface area (Å²) in [5.41, 5.74) is 0. The van der Waals surface area contributed by atoms with E-state index in [1.54, 1.807) is 6.07 Å². The average Bonchev–Trinajstić information content (AvgIpc) is 3.16. The fourth-order valence-corrected chi connectivity index (χ4v) is 3.51. The summed E-state index contributed by atoms with van der Waals surface area (Å²) in [6, 6.07) is 3.01. The van der Waals surface area contributed by atoms with Crippen LogP contribution in [0.2, 0.25) is 0 Å². The highest BCUT2D eigenvalue weighted by atomic mass is 32.1. The lowest BCUT2D eigenvalue weighted by atomic mass is 10.1. The standard InChI is InChI=1S/C16H22N2O4S/c1-10(18-15(20)11-4-2-3-5-11)8-14(19)17-9-12-6-7-13(23-12)16(21)22/h6-7,10-11H,2-5,8-9H2,1H3,(H,17,19)(H,18,20)(H,21,22). The Morgan fingerprint density at radius 3 is 2.61 bits per heavy atom. The Balaban J connectivity index is 1.70. The minimum atomic E-state index is -0.962. The molecule has 7 heteroatoms. The second-order valence-corrected chi connectivity index (χ2v) is 7.11. The number of nitrogens with one attached hydrogen (secondary N) is 2. The Hall–Kier alpha value is -1.89. The van der Waals surface area contributed by atoms with Crippen molar-refractivity contribution in [3.8, 4) is 0 Å². The molecule has 1 atom stereocenters. The van der Waals surface area contributed by atoms with Gasteiger partial charge < -0.3 is 15.7 Å². The van der Waals surface area contributed by atoms with E-state index in [0.717, 1.165) is 41.9 Å². The molecule has 3 N–H and O–H groups in total. The van der Waals surface area contributed by atoms with Gasteiger partial charge in [-0.05, 0) is 31.9 Å². The molecule has 1 aliphatic carbocycles. The van der Waals surface area contributed by atoms with Gasteiger partial charge in [-0.15, -0.1) is 11.3 Å². The highest BCUT2D eigenvalue weighted by molar-refractivity contribution is 7.13. The van der Waals surface area contributed by atoms with Crippen LogP contribution in [-0.2, 0) is 16.1 Å². The molecule has 23 heavy (non-hydrogen) atoms. The lowest BCUT2D eigenvalue weighted by Gasteiger charge is -2.16. The zero-order valence-electron chi connectivity index (χ0n) is 13.1. The molecule has 126 valence electrons. The molecule has 2 amide bonds. The molecule has 1 unspecified atom stereocenters. The van der Waals surface area contributed by atoms with E-state index in [-0.39, 0.29) is 35.1 Å². The molecule has 0 aromatic carbocycles. The number of aromatic carboxylic acids is 1. The summed E-state index contributed by atoms with van der Waals surface area (Å²) in [7, 11) is 0. The lowest BCUT2D eigenvalue weighted by Crippen LogP contribution is -2.39. The molecule has 0 saturated heterocycles. The van der Waals surface area contributed by atoms with Gasteiger partial charge in [-0.2, -0.15) is 0 Å². The predicted molar refractivity (Wildman–Crippen MR) is 87.3 cm³/mol. The third-order valence-corrected chi connectivity index (χ3v) is 5.01. The summed E-state index contributed by atoms with van der Waals surface area (Å²) >= 11 is 1.15. The molecular weight excluding hydrogens is 316 g/mol. The molecule has 1 aliphatic rings. The van der Waals surface area contributed by atoms with Gasteiger partial charge in [-0.25, -0.2) is 4.79 Å². The first-order chi connectivity index (χ1) is 11.0. The number of hydrogen-bond donors (Lipinski definition) is 3. The first-order valence-electron chi connectivity index (χ1n) is 7.85. The fraction of sp³-hybridized carbons (Fsp3) is 0.562. The number of carbonyl (C=O) groups excluding carboxylic acids is 2. The normalized spacial score (nSPS) is 16.0. The van der Waals surface area contributed by atoms with Crippen molar-refractivity contribution >= 4 is 29.1 Å². The maximum atomic E-state index is 12.0. The zero-order valence-corrected chi connectivity index (χ0v) is 13.9. The van der Waals surface area contributed by atoms with Gasteiger partial charge in [0.15, 0.2) is 0 Å². The van der Waals surface area contributed by atoms with E-state index in [1.807, 2.05) is 6.92 Å². The molecule has 0 radical (unpaired) electrons. The average molecular weight is 338 g/mol. The fourth-order valence-electron chi connectivity index (χ4n) is 2.72. The second-order valence-electron chi connectivity index (χ2n) is 5.94. The van der Waals surface area contributed by atoms with Crippen molar-refractivity contribution in [3.63, 3.8) is 0 Å². The van der Waals surface area contributed by atoms with E-state index in [1.165, 1.54) is 6.07 Å². The molecule has 1 aromatic heterocycles. The van der Waals surface area contributed by atoms with Crippen LogP contribution in [0.1, 0.15) is 53.6 Å². The lowest BCUT2D eigenvalue weighted by molar-refractivity contribution is -0.126. The van der Waals surface area contributed by atoms with Crippen LogP contribution in [0, 0.1) is 5.92 Å². The largest absolute Gasteiger partial charge is 0.477 e. The van der Waals surface area contributed by atoms with Gasteiger partial charge >= 0.3 is 5.97 Å². The Kier molecular flexibility index (Phi) is 6.15. The zero-order chi connectivity index (χ0) is 16.8. The van der Waals surface area contributed by atoms with Crippen LogP contribution in [0.4, 0.5) is 0 Å². The monoisotopic (exact) mass is 338 g/mol. The van der Waals surface area contributed by atoms with E-state index >= 15 is 0 Å². The SMILES string of the molecule is CC(CC(=O)NCc1ccc(C(=O)O)s1)NC(=O)C1CCCC1. The van der Waals surface area contributed by atoms with E-state index in [9.17, 15) is 14.4 Å². The molecule has 1 fully saturated rings.